The lowest BCUT2D eigenvalue weighted by molar-refractivity contribution is -0.141. The molecule has 0 amide bonds. The van der Waals surface area contributed by atoms with Crippen LogP contribution in [-0.4, -0.2) is 20.2 Å². The van der Waals surface area contributed by atoms with E-state index in [-0.39, 0.29) is 17.2 Å². The predicted molar refractivity (Wildman–Crippen MR) is 136 cm³/mol. The number of phenolic OH excluding ortho intramolecular Hbond substituents is 2. The van der Waals surface area contributed by atoms with Crippen molar-refractivity contribution >= 4 is 33.6 Å². The van der Waals surface area contributed by atoms with Gasteiger partial charge in [-0.3, -0.25) is 0 Å². The molecular formula is C27H17F3N2O4S. The number of halogens is 3. The molecule has 186 valence electrons. The summed E-state index contributed by atoms with van der Waals surface area (Å²) < 4.78 is 45.8. The molecule has 2 heterocycles. The van der Waals surface area contributed by atoms with Crippen LogP contribution in [0.3, 0.4) is 0 Å². The van der Waals surface area contributed by atoms with Crippen molar-refractivity contribution < 1.29 is 28.1 Å². The first-order valence-electron chi connectivity index (χ1n) is 10.9. The van der Waals surface area contributed by atoms with Crippen LogP contribution in [-0.2, 0) is 6.18 Å². The molecule has 0 fully saturated rings. The highest BCUT2D eigenvalue weighted by Gasteiger charge is 2.32. The number of fused-ring (bicyclic) bond motifs is 1. The molecule has 0 aliphatic heterocycles. The molecule has 0 saturated carbocycles. The lowest BCUT2D eigenvalue weighted by Gasteiger charge is -2.09. The third-order valence-electron chi connectivity index (χ3n) is 5.37. The second-order valence-electron chi connectivity index (χ2n) is 8.01. The minimum absolute atomic E-state index is 0.122. The molecule has 0 aliphatic rings. The number of ether oxygens (including phenoxy) is 1. The number of phenols is 2. The zero-order valence-electron chi connectivity index (χ0n) is 18.8. The van der Waals surface area contributed by atoms with Gasteiger partial charge in [0.15, 0.2) is 5.75 Å². The van der Waals surface area contributed by atoms with Crippen LogP contribution in [0.25, 0.3) is 32.7 Å². The second kappa shape index (κ2) is 9.47. The molecule has 0 bridgehead atoms. The van der Waals surface area contributed by atoms with E-state index in [0.29, 0.717) is 17.1 Å². The van der Waals surface area contributed by atoms with Crippen molar-refractivity contribution in [2.45, 2.75) is 6.18 Å². The number of rotatable bonds is 5. The monoisotopic (exact) mass is 522 g/mol. The van der Waals surface area contributed by atoms with Gasteiger partial charge in [-0.2, -0.15) is 18.2 Å². The van der Waals surface area contributed by atoms with Crippen molar-refractivity contribution in [1.82, 2.24) is 9.97 Å². The Bertz CT molecular complexity index is 1670. The van der Waals surface area contributed by atoms with Crippen molar-refractivity contribution in [3.8, 4) is 33.4 Å². The van der Waals surface area contributed by atoms with Crippen molar-refractivity contribution in [3.05, 3.63) is 100 Å². The molecule has 2 aromatic heterocycles. The summed E-state index contributed by atoms with van der Waals surface area (Å²) in [6.45, 7) is 0. The molecule has 0 unspecified atom stereocenters. The van der Waals surface area contributed by atoms with E-state index in [9.17, 15) is 28.2 Å². The number of aromatic hydroxyl groups is 2. The Morgan fingerprint density at radius 2 is 1.59 bits per heavy atom. The van der Waals surface area contributed by atoms with Crippen LogP contribution < -0.4 is 10.4 Å². The maximum Gasteiger partial charge on any atom is 0.431 e. The molecule has 37 heavy (non-hydrogen) atoms. The van der Waals surface area contributed by atoms with Gasteiger partial charge in [0.1, 0.15) is 22.9 Å². The Morgan fingerprint density at radius 1 is 0.892 bits per heavy atom. The number of thiophene rings is 1. The normalized spacial score (nSPS) is 11.9. The zero-order valence-corrected chi connectivity index (χ0v) is 19.6. The van der Waals surface area contributed by atoms with Crippen LogP contribution in [0.4, 0.5) is 13.2 Å². The van der Waals surface area contributed by atoms with Gasteiger partial charge < -0.3 is 19.9 Å². The van der Waals surface area contributed by atoms with Gasteiger partial charge in [0.2, 0.25) is 0 Å². The van der Waals surface area contributed by atoms with Crippen LogP contribution in [0.5, 0.6) is 23.0 Å². The standard InChI is InChI=1S/C27H17F3N2O4S/c28-27(29,30)23-13-17(31-26(35)32-23)6-1-15-2-10-20(11-3-15)36-24-21-12-9-19(34)14-22(21)37-25(24)16-4-7-18(33)8-5-16/h1-14,33-34H,(H,31,32,35)/b6-1+. The van der Waals surface area contributed by atoms with E-state index in [4.69, 9.17) is 4.74 Å². The second-order valence-corrected chi connectivity index (χ2v) is 9.07. The first-order chi connectivity index (χ1) is 17.7. The number of hydrogen-bond donors (Lipinski definition) is 3. The number of aromatic amines is 1. The van der Waals surface area contributed by atoms with Crippen molar-refractivity contribution in [1.29, 1.82) is 0 Å². The van der Waals surface area contributed by atoms with Crippen LogP contribution in [0.15, 0.2) is 77.6 Å². The Balaban J connectivity index is 1.43. The highest BCUT2D eigenvalue weighted by Crippen LogP contribution is 2.47. The molecule has 3 N–H and O–H groups in total. The lowest BCUT2D eigenvalue weighted by Crippen LogP contribution is -2.19. The molecular weight excluding hydrogens is 505 g/mol. The topological polar surface area (TPSA) is 95.4 Å². The van der Waals surface area contributed by atoms with E-state index in [1.165, 1.54) is 23.5 Å². The summed E-state index contributed by atoms with van der Waals surface area (Å²) in [4.78, 5) is 17.5. The van der Waals surface area contributed by atoms with Crippen LogP contribution in [0.2, 0.25) is 0 Å². The van der Waals surface area contributed by atoms with Crippen molar-refractivity contribution in [2.75, 3.05) is 0 Å². The van der Waals surface area contributed by atoms with Gasteiger partial charge in [-0.05, 0) is 77.9 Å². The van der Waals surface area contributed by atoms with E-state index >= 15 is 0 Å². The van der Waals surface area contributed by atoms with Gasteiger partial charge in [-0.1, -0.05) is 18.2 Å². The molecule has 10 heteroatoms. The number of hydrogen-bond acceptors (Lipinski definition) is 6. The summed E-state index contributed by atoms with van der Waals surface area (Å²) >= 11 is 1.44. The average Bonchev–Trinajstić information content (AvgIpc) is 3.20. The molecule has 5 aromatic rings. The number of benzene rings is 3. The molecule has 6 nitrogen and oxygen atoms in total. The fourth-order valence-corrected chi connectivity index (χ4v) is 4.80. The smallest absolute Gasteiger partial charge is 0.431 e. The Labute approximate surface area is 211 Å². The first kappa shape index (κ1) is 24.1. The molecule has 0 spiro atoms. The summed E-state index contributed by atoms with van der Waals surface area (Å²) in [5.74, 6) is 1.37. The maximum absolute atomic E-state index is 12.9. The lowest BCUT2D eigenvalue weighted by atomic mass is 10.1. The Morgan fingerprint density at radius 3 is 2.30 bits per heavy atom. The third-order valence-corrected chi connectivity index (χ3v) is 6.56. The van der Waals surface area contributed by atoms with Gasteiger partial charge in [0.25, 0.3) is 0 Å². The first-order valence-corrected chi connectivity index (χ1v) is 11.7. The number of H-pyrrole nitrogens is 1. The largest absolute Gasteiger partial charge is 0.508 e. The van der Waals surface area contributed by atoms with E-state index in [2.05, 4.69) is 4.98 Å². The molecule has 5 rings (SSSR count). The number of nitrogens with zero attached hydrogens (tertiary/aromatic N) is 1. The fourth-order valence-electron chi connectivity index (χ4n) is 3.63. The van der Waals surface area contributed by atoms with Gasteiger partial charge in [-0.25, -0.2) is 4.79 Å². The third kappa shape index (κ3) is 5.34. The van der Waals surface area contributed by atoms with E-state index in [1.54, 1.807) is 71.7 Å². The Kier molecular flexibility index (Phi) is 6.18. The fraction of sp³-hybridized carbons (Fsp3) is 0.0370. The summed E-state index contributed by atoms with van der Waals surface area (Å²) in [5, 5.41) is 20.4. The maximum atomic E-state index is 12.9. The highest BCUT2D eigenvalue weighted by atomic mass is 32.1. The van der Waals surface area contributed by atoms with E-state index in [1.807, 2.05) is 0 Å². The van der Waals surface area contributed by atoms with Crippen LogP contribution in [0, 0.1) is 0 Å². The van der Waals surface area contributed by atoms with E-state index < -0.39 is 17.6 Å². The minimum Gasteiger partial charge on any atom is -0.508 e. The Hall–Kier alpha value is -4.57. The van der Waals surface area contributed by atoms with Gasteiger partial charge >= 0.3 is 11.9 Å². The average molecular weight is 523 g/mol. The predicted octanol–water partition coefficient (Wildman–Crippen LogP) is 7.04. The summed E-state index contributed by atoms with van der Waals surface area (Å²) in [6.07, 6.45) is -1.83. The van der Waals surface area contributed by atoms with E-state index in [0.717, 1.165) is 26.6 Å². The number of aromatic nitrogens is 2. The molecule has 0 saturated heterocycles. The summed E-state index contributed by atoms with van der Waals surface area (Å²) in [6, 6.07) is 19.3. The molecule has 0 radical (unpaired) electrons. The number of alkyl halides is 3. The quantitative estimate of drug-likeness (QED) is 0.230. The molecule has 3 aromatic carbocycles. The minimum atomic E-state index is -4.69. The van der Waals surface area contributed by atoms with Crippen LogP contribution in [0.1, 0.15) is 17.0 Å². The number of nitrogens with one attached hydrogen (secondary N) is 1. The summed E-state index contributed by atoms with van der Waals surface area (Å²) in [7, 11) is 0. The van der Waals surface area contributed by atoms with Gasteiger partial charge in [0, 0.05) is 10.1 Å². The van der Waals surface area contributed by atoms with Crippen molar-refractivity contribution in [2.24, 2.45) is 0 Å². The zero-order chi connectivity index (χ0) is 26.2. The SMILES string of the molecule is O=c1nc(/C=C/c2ccc(Oc3c(-c4ccc(O)cc4)sc4cc(O)ccc34)cc2)cc(C(F)(F)F)[nH]1. The highest BCUT2D eigenvalue weighted by molar-refractivity contribution is 7.22. The van der Waals surface area contributed by atoms with Crippen molar-refractivity contribution in [3.63, 3.8) is 0 Å². The molecule has 0 aliphatic carbocycles. The van der Waals surface area contributed by atoms with Gasteiger partial charge in [-0.15, -0.1) is 11.3 Å². The van der Waals surface area contributed by atoms with Crippen LogP contribution >= 0.6 is 11.3 Å². The molecule has 0 atom stereocenters. The summed E-state index contributed by atoms with van der Waals surface area (Å²) in [5.41, 5.74) is -0.892. The van der Waals surface area contributed by atoms with Gasteiger partial charge in [0.05, 0.1) is 10.6 Å².